The molecule has 1 fully saturated rings. The van der Waals surface area contributed by atoms with Gasteiger partial charge in [0.1, 0.15) is 5.82 Å². The fraction of sp³-hybridized carbons (Fsp3) is 0.591. The Morgan fingerprint density at radius 3 is 2.79 bits per heavy atom. The van der Waals surface area contributed by atoms with Crippen LogP contribution in [0.5, 0.6) is 0 Å². The summed E-state index contributed by atoms with van der Waals surface area (Å²) in [5.41, 5.74) is 3.16. The molecule has 7 nitrogen and oxygen atoms in total. The normalized spacial score (nSPS) is 22.5. The number of aromatic nitrogens is 2. The number of fused-ring (bicyclic) bond motifs is 3. The number of hydrogen-bond acceptors (Lipinski definition) is 5. The molecule has 1 unspecified atom stereocenters. The molecule has 0 N–H and O–H groups in total. The Morgan fingerprint density at radius 2 is 2.03 bits per heavy atom. The van der Waals surface area contributed by atoms with Crippen LogP contribution in [0.15, 0.2) is 18.2 Å². The van der Waals surface area contributed by atoms with Crippen molar-refractivity contribution >= 4 is 22.9 Å². The molecule has 1 amide bonds. The lowest BCUT2D eigenvalue weighted by atomic mass is 9.89. The third-order valence-corrected chi connectivity index (χ3v) is 6.22. The number of piperidine rings is 1. The number of nitrogens with zero attached hydrogens (tertiary/aromatic N) is 4. The number of hydrogen-bond donors (Lipinski definition) is 0. The van der Waals surface area contributed by atoms with Crippen molar-refractivity contribution in [2.75, 3.05) is 26.2 Å². The van der Waals surface area contributed by atoms with Gasteiger partial charge in [0.15, 0.2) is 0 Å². The van der Waals surface area contributed by atoms with Crippen molar-refractivity contribution in [3.63, 3.8) is 0 Å². The summed E-state index contributed by atoms with van der Waals surface area (Å²) in [6.07, 6.45) is 1.87. The number of esters is 1. The Hall–Kier alpha value is -2.41. The molecule has 3 heterocycles. The molecule has 0 bridgehead atoms. The highest BCUT2D eigenvalue weighted by molar-refractivity contribution is 6.32. The van der Waals surface area contributed by atoms with Crippen LogP contribution in [0.1, 0.15) is 51.0 Å². The van der Waals surface area contributed by atoms with Crippen molar-refractivity contribution in [2.45, 2.75) is 52.7 Å². The molecule has 1 aromatic heterocycles. The third-order valence-electron chi connectivity index (χ3n) is 6.22. The maximum Gasteiger partial charge on any atom is 0.397 e. The number of amides is 1. The molecule has 2 aromatic rings. The monoisotopic (exact) mass is 398 g/mol. The predicted molar refractivity (Wildman–Crippen MR) is 110 cm³/mol. The van der Waals surface area contributed by atoms with Gasteiger partial charge in [-0.3, -0.25) is 9.69 Å². The van der Waals surface area contributed by atoms with Crippen LogP contribution in [0.25, 0.3) is 11.0 Å². The van der Waals surface area contributed by atoms with Gasteiger partial charge in [0.25, 0.3) is 0 Å². The van der Waals surface area contributed by atoms with Gasteiger partial charge in [0.05, 0.1) is 30.2 Å². The first-order valence-electron chi connectivity index (χ1n) is 10.7. The molecule has 29 heavy (non-hydrogen) atoms. The number of rotatable bonds is 3. The average Bonchev–Trinajstić information content (AvgIpc) is 3.09. The molecule has 2 atom stereocenters. The number of imidazole rings is 1. The first-order valence-corrected chi connectivity index (χ1v) is 10.7. The Labute approximate surface area is 171 Å². The highest BCUT2D eigenvalue weighted by atomic mass is 16.5. The van der Waals surface area contributed by atoms with Crippen molar-refractivity contribution in [1.82, 2.24) is 19.4 Å². The molecule has 0 spiro atoms. The zero-order valence-electron chi connectivity index (χ0n) is 17.6. The third kappa shape index (κ3) is 3.75. The summed E-state index contributed by atoms with van der Waals surface area (Å²) in [7, 11) is 0. The first-order chi connectivity index (χ1) is 14.0. The van der Waals surface area contributed by atoms with Gasteiger partial charge >= 0.3 is 11.9 Å². The van der Waals surface area contributed by atoms with E-state index in [1.165, 1.54) is 0 Å². The van der Waals surface area contributed by atoms with E-state index in [1.807, 2.05) is 0 Å². The van der Waals surface area contributed by atoms with E-state index in [1.54, 1.807) is 11.8 Å². The van der Waals surface area contributed by atoms with E-state index in [-0.39, 0.29) is 12.6 Å². The number of likely N-dealkylation sites (N-methyl/N-ethyl adjacent to an activating group) is 1. The summed E-state index contributed by atoms with van der Waals surface area (Å²) in [6, 6.07) is 6.20. The van der Waals surface area contributed by atoms with E-state index < -0.39 is 11.9 Å². The molecule has 156 valence electrons. The maximum absolute atomic E-state index is 12.7. The summed E-state index contributed by atoms with van der Waals surface area (Å²) in [6.45, 7) is 10.7. The summed E-state index contributed by atoms with van der Waals surface area (Å²) in [5.74, 6) is 0.172. The second kappa shape index (κ2) is 8.14. The minimum Gasteiger partial charge on any atom is -0.459 e. The Morgan fingerprint density at radius 1 is 1.21 bits per heavy atom. The van der Waals surface area contributed by atoms with Gasteiger partial charge in [-0.1, -0.05) is 19.9 Å². The van der Waals surface area contributed by atoms with Crippen LogP contribution in [-0.2, 0) is 27.4 Å². The van der Waals surface area contributed by atoms with Gasteiger partial charge in [-0.05, 0) is 49.9 Å². The van der Waals surface area contributed by atoms with Gasteiger partial charge in [-0.25, -0.2) is 9.78 Å². The van der Waals surface area contributed by atoms with Crippen LogP contribution in [0.2, 0.25) is 0 Å². The van der Waals surface area contributed by atoms with Crippen molar-refractivity contribution in [3.8, 4) is 0 Å². The van der Waals surface area contributed by atoms with Gasteiger partial charge < -0.3 is 14.2 Å². The highest BCUT2D eigenvalue weighted by Gasteiger charge is 2.35. The van der Waals surface area contributed by atoms with Crippen molar-refractivity contribution in [3.05, 3.63) is 29.6 Å². The second-order valence-corrected chi connectivity index (χ2v) is 8.17. The fourth-order valence-corrected chi connectivity index (χ4v) is 4.60. The molecule has 7 heteroatoms. The number of carbonyl (C=O) groups is 2. The van der Waals surface area contributed by atoms with Crippen LogP contribution in [0.3, 0.4) is 0 Å². The molecular weight excluding hydrogens is 368 g/mol. The van der Waals surface area contributed by atoms with Crippen LogP contribution in [0, 0.1) is 5.92 Å². The van der Waals surface area contributed by atoms with E-state index in [9.17, 15) is 9.59 Å². The number of likely N-dealkylation sites (tertiary alicyclic amines) is 1. The van der Waals surface area contributed by atoms with Gasteiger partial charge in [0.2, 0.25) is 0 Å². The summed E-state index contributed by atoms with van der Waals surface area (Å²) in [5, 5.41) is 0. The van der Waals surface area contributed by atoms with Crippen LogP contribution >= 0.6 is 0 Å². The fourth-order valence-electron chi connectivity index (χ4n) is 4.60. The van der Waals surface area contributed by atoms with E-state index in [0.717, 1.165) is 61.4 Å². The zero-order chi connectivity index (χ0) is 20.5. The van der Waals surface area contributed by atoms with Gasteiger partial charge in [-0.15, -0.1) is 0 Å². The van der Waals surface area contributed by atoms with E-state index in [0.29, 0.717) is 12.5 Å². The van der Waals surface area contributed by atoms with Crippen molar-refractivity contribution in [2.24, 2.45) is 5.92 Å². The molecule has 0 radical (unpaired) electrons. The molecule has 2 aliphatic heterocycles. The quantitative estimate of drug-likeness (QED) is 0.587. The van der Waals surface area contributed by atoms with E-state index in [2.05, 4.69) is 41.5 Å². The molecule has 1 saturated heterocycles. The largest absolute Gasteiger partial charge is 0.459 e. The number of carbonyl (C=O) groups excluding carboxylic acids is 2. The summed E-state index contributed by atoms with van der Waals surface area (Å²) in [4.78, 5) is 33.8. The van der Waals surface area contributed by atoms with Crippen LogP contribution in [-0.4, -0.2) is 57.5 Å². The van der Waals surface area contributed by atoms with Crippen molar-refractivity contribution in [1.29, 1.82) is 0 Å². The molecular formula is C22H30N4O3. The Bertz CT molecular complexity index is 922. The summed E-state index contributed by atoms with van der Waals surface area (Å²) >= 11 is 0. The molecule has 4 rings (SSSR count). The average molecular weight is 399 g/mol. The van der Waals surface area contributed by atoms with Gasteiger partial charge in [0, 0.05) is 19.6 Å². The smallest absolute Gasteiger partial charge is 0.397 e. The highest BCUT2D eigenvalue weighted by Crippen LogP contribution is 2.35. The molecule has 2 aliphatic rings. The maximum atomic E-state index is 12.7. The first kappa shape index (κ1) is 19.9. The van der Waals surface area contributed by atoms with E-state index >= 15 is 0 Å². The number of benzene rings is 1. The lowest BCUT2D eigenvalue weighted by Gasteiger charge is -2.38. The number of ether oxygens (including phenoxy) is 1. The molecule has 0 aliphatic carbocycles. The minimum absolute atomic E-state index is 0.113. The Balaban J connectivity index is 1.65. The Kier molecular flexibility index (Phi) is 5.58. The lowest BCUT2D eigenvalue weighted by molar-refractivity contribution is -0.162. The SMILES string of the molecule is CCOC(=O)C(=O)N1C[C@@H](C)CCC1c1ccc2c(c1)nc1n2CCN(CC)C1. The minimum atomic E-state index is -0.759. The van der Waals surface area contributed by atoms with Crippen LogP contribution < -0.4 is 0 Å². The standard InChI is InChI=1S/C22H30N4O3/c1-4-24-10-11-25-19-9-7-16(12-17(19)23-20(25)14-24)18-8-6-15(3)13-26(18)21(27)22(28)29-5-2/h7,9,12,15,18H,4-6,8,10-11,13-14H2,1-3H3/t15-,18?/m0/s1. The zero-order valence-corrected chi connectivity index (χ0v) is 17.6. The van der Waals surface area contributed by atoms with Crippen LogP contribution in [0.4, 0.5) is 0 Å². The predicted octanol–water partition coefficient (Wildman–Crippen LogP) is 2.73. The second-order valence-electron chi connectivity index (χ2n) is 8.17. The topological polar surface area (TPSA) is 67.7 Å². The summed E-state index contributed by atoms with van der Waals surface area (Å²) < 4.78 is 7.27. The van der Waals surface area contributed by atoms with E-state index in [4.69, 9.17) is 9.72 Å². The molecule has 1 aromatic carbocycles. The van der Waals surface area contributed by atoms with Crippen molar-refractivity contribution < 1.29 is 14.3 Å². The van der Waals surface area contributed by atoms with Gasteiger partial charge in [-0.2, -0.15) is 0 Å². The lowest BCUT2D eigenvalue weighted by Crippen LogP contribution is -2.45. The molecule has 0 saturated carbocycles.